The van der Waals surface area contributed by atoms with E-state index < -0.39 is 0 Å². The number of hydrogen-bond donors (Lipinski definition) is 1. The molecule has 0 aliphatic heterocycles. The van der Waals surface area contributed by atoms with Crippen molar-refractivity contribution in [3.63, 3.8) is 0 Å². The summed E-state index contributed by atoms with van der Waals surface area (Å²) in [4.78, 5) is 9.44. The Morgan fingerprint density at radius 3 is 2.74 bits per heavy atom. The van der Waals surface area contributed by atoms with Crippen LogP contribution in [-0.4, -0.2) is 17.0 Å². The topological polar surface area (TPSA) is 51.0 Å². The maximum atomic E-state index is 5.36. The van der Waals surface area contributed by atoms with E-state index in [0.29, 0.717) is 0 Å². The zero-order chi connectivity index (χ0) is 13.2. The van der Waals surface area contributed by atoms with Gasteiger partial charge in [0.25, 0.3) is 0 Å². The highest BCUT2D eigenvalue weighted by atomic mass is 16.3. The Morgan fingerprint density at radius 2 is 2.00 bits per heavy atom. The summed E-state index contributed by atoms with van der Waals surface area (Å²) in [6, 6.07) is 1.94. The van der Waals surface area contributed by atoms with Crippen LogP contribution in [0, 0.1) is 6.92 Å². The first-order valence-electron chi connectivity index (χ1n) is 6.91. The van der Waals surface area contributed by atoms with Gasteiger partial charge in [-0.15, -0.1) is 0 Å². The minimum atomic E-state index is 0.774. The van der Waals surface area contributed by atoms with E-state index in [4.69, 9.17) is 9.40 Å². The van der Waals surface area contributed by atoms with E-state index in [9.17, 15) is 0 Å². The van der Waals surface area contributed by atoms with Crippen LogP contribution in [0.4, 0.5) is 5.82 Å². The number of nitrogens with one attached hydrogen (secondary N) is 1. The maximum absolute atomic E-state index is 5.36. The zero-order valence-electron chi connectivity index (χ0n) is 11.5. The van der Waals surface area contributed by atoms with Crippen LogP contribution in [0.3, 0.4) is 0 Å². The van der Waals surface area contributed by atoms with E-state index in [2.05, 4.69) is 10.3 Å². The van der Waals surface area contributed by atoms with Crippen molar-refractivity contribution in [2.24, 2.45) is 0 Å². The molecule has 0 bridgehead atoms. The van der Waals surface area contributed by atoms with Crippen LogP contribution in [-0.2, 0) is 12.8 Å². The monoisotopic (exact) mass is 257 g/mol. The van der Waals surface area contributed by atoms with E-state index in [1.54, 1.807) is 6.26 Å². The van der Waals surface area contributed by atoms with Gasteiger partial charge < -0.3 is 9.73 Å². The van der Waals surface area contributed by atoms with Crippen LogP contribution in [0.25, 0.3) is 11.4 Å². The van der Waals surface area contributed by atoms with Crippen molar-refractivity contribution in [3.05, 3.63) is 29.3 Å². The van der Waals surface area contributed by atoms with E-state index in [1.165, 1.54) is 30.5 Å². The van der Waals surface area contributed by atoms with Crippen molar-refractivity contribution in [2.75, 3.05) is 12.4 Å². The second-order valence-corrected chi connectivity index (χ2v) is 5.02. The second kappa shape index (κ2) is 5.03. The Labute approximate surface area is 113 Å². The number of aromatic nitrogens is 2. The SMILES string of the molecule is CNc1nc(-c2ccoc2C)nc2c1CCCCC2. The van der Waals surface area contributed by atoms with E-state index >= 15 is 0 Å². The zero-order valence-corrected chi connectivity index (χ0v) is 11.5. The highest BCUT2D eigenvalue weighted by Crippen LogP contribution is 2.29. The normalized spacial score (nSPS) is 14.8. The predicted octanol–water partition coefficient (Wildman–Crippen LogP) is 3.36. The molecule has 1 aliphatic carbocycles. The molecule has 2 aromatic rings. The largest absolute Gasteiger partial charge is 0.469 e. The van der Waals surface area contributed by atoms with Crippen molar-refractivity contribution >= 4 is 5.82 Å². The Kier molecular flexibility index (Phi) is 3.23. The fraction of sp³-hybridized carbons (Fsp3) is 0.467. The smallest absolute Gasteiger partial charge is 0.165 e. The van der Waals surface area contributed by atoms with Gasteiger partial charge in [0, 0.05) is 18.3 Å². The molecule has 2 aromatic heterocycles. The molecule has 0 aromatic carbocycles. The molecular formula is C15H19N3O. The second-order valence-electron chi connectivity index (χ2n) is 5.02. The fourth-order valence-corrected chi connectivity index (χ4v) is 2.72. The van der Waals surface area contributed by atoms with Gasteiger partial charge in [-0.25, -0.2) is 9.97 Å². The van der Waals surface area contributed by atoms with Crippen molar-refractivity contribution in [1.82, 2.24) is 9.97 Å². The lowest BCUT2D eigenvalue weighted by molar-refractivity contribution is 0.535. The molecule has 19 heavy (non-hydrogen) atoms. The predicted molar refractivity (Wildman–Crippen MR) is 75.3 cm³/mol. The van der Waals surface area contributed by atoms with Crippen LogP contribution in [0.5, 0.6) is 0 Å². The summed E-state index contributed by atoms with van der Waals surface area (Å²) in [5, 5.41) is 3.22. The summed E-state index contributed by atoms with van der Waals surface area (Å²) in [6.07, 6.45) is 7.55. The minimum absolute atomic E-state index is 0.774. The first-order valence-corrected chi connectivity index (χ1v) is 6.91. The van der Waals surface area contributed by atoms with Crippen LogP contribution < -0.4 is 5.32 Å². The van der Waals surface area contributed by atoms with Crippen molar-refractivity contribution < 1.29 is 4.42 Å². The number of fused-ring (bicyclic) bond motifs is 1. The third-order valence-electron chi connectivity index (χ3n) is 3.77. The number of furan rings is 1. The molecule has 100 valence electrons. The van der Waals surface area contributed by atoms with Gasteiger partial charge in [-0.2, -0.15) is 0 Å². The number of aryl methyl sites for hydroxylation is 2. The van der Waals surface area contributed by atoms with Gasteiger partial charge in [0.05, 0.1) is 11.8 Å². The average Bonchev–Trinajstić information content (AvgIpc) is 2.71. The molecule has 4 heteroatoms. The molecule has 0 amide bonds. The third-order valence-corrected chi connectivity index (χ3v) is 3.77. The molecule has 3 rings (SSSR count). The standard InChI is InChI=1S/C15H19N3O/c1-10-11(8-9-19-10)15-17-13-7-5-3-4-6-12(13)14(16-2)18-15/h8-9H,3-7H2,1-2H3,(H,16,17,18). The first kappa shape index (κ1) is 12.2. The van der Waals surface area contributed by atoms with Gasteiger partial charge in [-0.3, -0.25) is 0 Å². The first-order chi connectivity index (χ1) is 9.29. The Morgan fingerprint density at radius 1 is 1.16 bits per heavy atom. The highest BCUT2D eigenvalue weighted by Gasteiger charge is 2.18. The van der Waals surface area contributed by atoms with Gasteiger partial charge in [-0.1, -0.05) is 6.42 Å². The van der Waals surface area contributed by atoms with Gasteiger partial charge in [0.15, 0.2) is 5.82 Å². The molecular weight excluding hydrogens is 238 g/mol. The molecule has 0 saturated carbocycles. The lowest BCUT2D eigenvalue weighted by atomic mass is 10.1. The summed E-state index contributed by atoms with van der Waals surface area (Å²) < 4.78 is 5.36. The van der Waals surface area contributed by atoms with Crippen LogP contribution in [0.1, 0.15) is 36.3 Å². The van der Waals surface area contributed by atoms with Gasteiger partial charge in [0.2, 0.25) is 0 Å². The minimum Gasteiger partial charge on any atom is -0.469 e. The molecule has 0 fully saturated rings. The van der Waals surface area contributed by atoms with Crippen molar-refractivity contribution in [1.29, 1.82) is 0 Å². The van der Waals surface area contributed by atoms with Crippen LogP contribution >= 0.6 is 0 Å². The highest BCUT2D eigenvalue weighted by molar-refractivity contribution is 5.61. The van der Waals surface area contributed by atoms with E-state index in [-0.39, 0.29) is 0 Å². The van der Waals surface area contributed by atoms with Crippen LogP contribution in [0.15, 0.2) is 16.7 Å². The summed E-state index contributed by atoms with van der Waals surface area (Å²) in [5.74, 6) is 2.62. The molecule has 0 unspecified atom stereocenters. The van der Waals surface area contributed by atoms with E-state index in [1.807, 2.05) is 20.0 Å². The molecule has 0 saturated heterocycles. The summed E-state index contributed by atoms with van der Waals surface area (Å²) in [6.45, 7) is 1.95. The fourth-order valence-electron chi connectivity index (χ4n) is 2.72. The van der Waals surface area contributed by atoms with E-state index in [0.717, 1.165) is 35.8 Å². The lowest BCUT2D eigenvalue weighted by Crippen LogP contribution is -2.06. The van der Waals surface area contributed by atoms with Gasteiger partial charge >= 0.3 is 0 Å². The molecule has 0 atom stereocenters. The number of anilines is 1. The molecule has 0 spiro atoms. The third kappa shape index (κ3) is 2.23. The Balaban J connectivity index is 2.13. The maximum Gasteiger partial charge on any atom is 0.165 e. The van der Waals surface area contributed by atoms with Crippen molar-refractivity contribution in [2.45, 2.75) is 39.0 Å². The number of rotatable bonds is 2. The lowest BCUT2D eigenvalue weighted by Gasteiger charge is -2.12. The number of nitrogens with zero attached hydrogens (tertiary/aromatic N) is 2. The van der Waals surface area contributed by atoms with Gasteiger partial charge in [-0.05, 0) is 38.7 Å². The summed E-state index contributed by atoms with van der Waals surface area (Å²) in [5.41, 5.74) is 3.49. The van der Waals surface area contributed by atoms with Gasteiger partial charge in [0.1, 0.15) is 11.6 Å². The molecule has 1 aliphatic rings. The average molecular weight is 257 g/mol. The summed E-state index contributed by atoms with van der Waals surface area (Å²) >= 11 is 0. The molecule has 4 nitrogen and oxygen atoms in total. The molecule has 2 heterocycles. The Hall–Kier alpha value is -1.84. The van der Waals surface area contributed by atoms with Crippen molar-refractivity contribution in [3.8, 4) is 11.4 Å². The molecule has 0 radical (unpaired) electrons. The summed E-state index contributed by atoms with van der Waals surface area (Å²) in [7, 11) is 1.93. The Bertz CT molecular complexity index is 589. The number of hydrogen-bond acceptors (Lipinski definition) is 4. The molecule has 1 N–H and O–H groups in total. The van der Waals surface area contributed by atoms with Crippen LogP contribution in [0.2, 0.25) is 0 Å². The quantitative estimate of drug-likeness (QED) is 0.838.